The van der Waals surface area contributed by atoms with Crippen molar-refractivity contribution in [2.75, 3.05) is 0 Å². The van der Waals surface area contributed by atoms with Crippen molar-refractivity contribution < 1.29 is 33.9 Å². The number of rotatable bonds is 6. The lowest BCUT2D eigenvalue weighted by atomic mass is 9.80. The first-order chi connectivity index (χ1) is 11.5. The van der Waals surface area contributed by atoms with Crippen LogP contribution in [0.15, 0.2) is 0 Å². The van der Waals surface area contributed by atoms with E-state index < -0.39 is 41.3 Å². The SMILES string of the molecule is CC1(C)OB(CCC[C@@H]2CC(C=O)N(C(=O)O)[C@@H]2C(=O)O)OC1(C)C. The summed E-state index contributed by atoms with van der Waals surface area (Å²) in [6.07, 6.45) is 1.08. The quantitative estimate of drug-likeness (QED) is 0.552. The van der Waals surface area contributed by atoms with Gasteiger partial charge in [-0.3, -0.25) is 4.90 Å². The molecule has 1 amide bonds. The third kappa shape index (κ3) is 3.82. The first-order valence-corrected chi connectivity index (χ1v) is 8.55. The number of aliphatic carboxylic acids is 1. The van der Waals surface area contributed by atoms with Gasteiger partial charge in [0.1, 0.15) is 12.3 Å². The molecule has 2 aliphatic rings. The van der Waals surface area contributed by atoms with Crippen molar-refractivity contribution in [3.63, 3.8) is 0 Å². The van der Waals surface area contributed by atoms with E-state index in [4.69, 9.17) is 9.31 Å². The van der Waals surface area contributed by atoms with Crippen molar-refractivity contribution in [1.29, 1.82) is 0 Å². The summed E-state index contributed by atoms with van der Waals surface area (Å²) < 4.78 is 11.8. The largest absolute Gasteiger partial charge is 0.480 e. The number of likely N-dealkylation sites (tertiary alicyclic amines) is 1. The molecule has 0 spiro atoms. The fourth-order valence-corrected chi connectivity index (χ4v) is 3.59. The van der Waals surface area contributed by atoms with Gasteiger partial charge in [-0.2, -0.15) is 0 Å². The lowest BCUT2D eigenvalue weighted by Crippen LogP contribution is -2.46. The highest BCUT2D eigenvalue weighted by molar-refractivity contribution is 6.45. The standard InChI is InChI=1S/C16H26BNO7/c1-15(2)16(3,4)25-17(24-15)7-5-6-10-8-11(9-19)18(14(22)23)12(10)13(20)21/h9-12H,5-8H2,1-4H3,(H,20,21)(H,22,23)/t10-,11?,12+/m1/s1. The van der Waals surface area contributed by atoms with Crippen LogP contribution in [0, 0.1) is 5.92 Å². The van der Waals surface area contributed by atoms with Crippen LogP contribution in [-0.4, -0.2) is 63.9 Å². The number of hydrogen-bond acceptors (Lipinski definition) is 5. The molecule has 1 unspecified atom stereocenters. The van der Waals surface area contributed by atoms with Gasteiger partial charge in [0.05, 0.1) is 17.2 Å². The van der Waals surface area contributed by atoms with Gasteiger partial charge < -0.3 is 24.3 Å². The summed E-state index contributed by atoms with van der Waals surface area (Å²) in [6, 6.07) is -2.09. The Hall–Kier alpha value is -1.61. The highest BCUT2D eigenvalue weighted by Gasteiger charge is 2.51. The average Bonchev–Trinajstić information content (AvgIpc) is 2.93. The lowest BCUT2D eigenvalue weighted by Gasteiger charge is -2.32. The zero-order valence-electron chi connectivity index (χ0n) is 15.1. The molecule has 0 saturated carbocycles. The van der Waals surface area contributed by atoms with Crippen LogP contribution in [0.1, 0.15) is 47.0 Å². The fourth-order valence-electron chi connectivity index (χ4n) is 3.59. The molecule has 0 aromatic rings. The summed E-state index contributed by atoms with van der Waals surface area (Å²) in [7, 11) is -0.368. The highest BCUT2D eigenvalue weighted by atomic mass is 16.7. The molecule has 2 heterocycles. The number of amides is 1. The third-order valence-electron chi connectivity index (χ3n) is 5.60. The predicted molar refractivity (Wildman–Crippen MR) is 89.4 cm³/mol. The van der Waals surface area contributed by atoms with Crippen LogP contribution in [0.25, 0.3) is 0 Å². The van der Waals surface area contributed by atoms with Gasteiger partial charge >= 0.3 is 19.2 Å². The minimum Gasteiger partial charge on any atom is -0.480 e. The second kappa shape index (κ2) is 6.95. The maximum atomic E-state index is 11.5. The monoisotopic (exact) mass is 355 g/mol. The second-order valence-corrected chi connectivity index (χ2v) is 7.79. The van der Waals surface area contributed by atoms with Gasteiger partial charge in [0.15, 0.2) is 0 Å². The van der Waals surface area contributed by atoms with Crippen molar-refractivity contribution in [2.24, 2.45) is 5.92 Å². The molecule has 2 rings (SSSR count). The Balaban J connectivity index is 1.95. The first kappa shape index (κ1) is 19.7. The maximum Gasteiger partial charge on any atom is 0.457 e. The van der Waals surface area contributed by atoms with Crippen LogP contribution >= 0.6 is 0 Å². The van der Waals surface area contributed by atoms with Gasteiger partial charge in [0.25, 0.3) is 0 Å². The molecule has 25 heavy (non-hydrogen) atoms. The molecule has 9 heteroatoms. The Kier molecular flexibility index (Phi) is 5.48. The number of nitrogens with zero attached hydrogens (tertiary/aromatic N) is 1. The second-order valence-electron chi connectivity index (χ2n) is 7.79. The minimum absolute atomic E-state index is 0.232. The van der Waals surface area contributed by atoms with Gasteiger partial charge in [-0.05, 0) is 52.8 Å². The van der Waals surface area contributed by atoms with E-state index in [1.807, 2.05) is 27.7 Å². The molecule has 0 aromatic heterocycles. The van der Waals surface area contributed by atoms with E-state index in [0.717, 1.165) is 4.90 Å². The molecular formula is C16H26BNO7. The average molecular weight is 355 g/mol. The zero-order valence-corrected chi connectivity index (χ0v) is 15.1. The van der Waals surface area contributed by atoms with Gasteiger partial charge in [-0.25, -0.2) is 9.59 Å². The summed E-state index contributed by atoms with van der Waals surface area (Å²) in [5.41, 5.74) is -0.839. The Bertz CT molecular complexity index is 535. The number of carboxylic acids is 1. The first-order valence-electron chi connectivity index (χ1n) is 8.55. The number of carbonyl (C=O) groups excluding carboxylic acids is 1. The van der Waals surface area contributed by atoms with E-state index in [-0.39, 0.29) is 13.5 Å². The normalized spacial score (nSPS) is 30.5. The van der Waals surface area contributed by atoms with E-state index >= 15 is 0 Å². The molecule has 2 saturated heterocycles. The van der Waals surface area contributed by atoms with E-state index in [2.05, 4.69) is 0 Å². The van der Waals surface area contributed by atoms with Crippen molar-refractivity contribution >= 4 is 25.5 Å². The molecule has 2 N–H and O–H groups in total. The minimum atomic E-state index is -1.38. The van der Waals surface area contributed by atoms with Crippen LogP contribution in [-0.2, 0) is 18.9 Å². The van der Waals surface area contributed by atoms with Crippen LogP contribution in [0.5, 0.6) is 0 Å². The zero-order chi connectivity index (χ0) is 19.0. The molecule has 0 aliphatic carbocycles. The molecule has 0 bridgehead atoms. The van der Waals surface area contributed by atoms with Crippen LogP contribution in [0.4, 0.5) is 4.79 Å². The number of carboxylic acid groups (broad SMARTS) is 2. The van der Waals surface area contributed by atoms with E-state index in [1.54, 1.807) is 0 Å². The lowest BCUT2D eigenvalue weighted by molar-refractivity contribution is -0.143. The molecule has 2 aliphatic heterocycles. The summed E-state index contributed by atoms with van der Waals surface area (Å²) in [5, 5.41) is 18.6. The molecule has 0 aromatic carbocycles. The molecule has 3 atom stereocenters. The van der Waals surface area contributed by atoms with Crippen molar-refractivity contribution in [1.82, 2.24) is 4.90 Å². The Morgan fingerprint density at radius 3 is 2.20 bits per heavy atom. The van der Waals surface area contributed by atoms with E-state index in [9.17, 15) is 24.6 Å². The summed E-state index contributed by atoms with van der Waals surface area (Å²) in [5.74, 6) is -1.61. The topological polar surface area (TPSA) is 113 Å². The summed E-state index contributed by atoms with van der Waals surface area (Å²) in [4.78, 5) is 34.7. The van der Waals surface area contributed by atoms with Crippen LogP contribution in [0.3, 0.4) is 0 Å². The molecular weight excluding hydrogens is 329 g/mol. The summed E-state index contributed by atoms with van der Waals surface area (Å²) >= 11 is 0. The maximum absolute atomic E-state index is 11.5. The van der Waals surface area contributed by atoms with Crippen molar-refractivity contribution in [3.8, 4) is 0 Å². The third-order valence-corrected chi connectivity index (χ3v) is 5.60. The molecule has 8 nitrogen and oxygen atoms in total. The van der Waals surface area contributed by atoms with Gasteiger partial charge in [0, 0.05) is 0 Å². The Morgan fingerprint density at radius 1 is 1.20 bits per heavy atom. The number of aldehydes is 1. The van der Waals surface area contributed by atoms with Crippen molar-refractivity contribution in [3.05, 3.63) is 0 Å². The van der Waals surface area contributed by atoms with Gasteiger partial charge in [0.2, 0.25) is 0 Å². The van der Waals surface area contributed by atoms with E-state index in [0.29, 0.717) is 25.4 Å². The Labute approximate surface area is 147 Å². The molecule has 0 radical (unpaired) electrons. The van der Waals surface area contributed by atoms with Crippen LogP contribution < -0.4 is 0 Å². The number of hydrogen-bond donors (Lipinski definition) is 2. The smallest absolute Gasteiger partial charge is 0.457 e. The van der Waals surface area contributed by atoms with Gasteiger partial charge in [-0.15, -0.1) is 0 Å². The highest BCUT2D eigenvalue weighted by Crippen LogP contribution is 2.39. The predicted octanol–water partition coefficient (Wildman–Crippen LogP) is 1.88. The summed E-state index contributed by atoms with van der Waals surface area (Å²) in [6.45, 7) is 7.85. The Morgan fingerprint density at radius 2 is 1.76 bits per heavy atom. The number of carbonyl (C=O) groups is 3. The van der Waals surface area contributed by atoms with Crippen LogP contribution in [0.2, 0.25) is 6.32 Å². The van der Waals surface area contributed by atoms with E-state index in [1.165, 1.54) is 0 Å². The molecule has 140 valence electrons. The fraction of sp³-hybridized carbons (Fsp3) is 0.812. The van der Waals surface area contributed by atoms with Gasteiger partial charge in [-0.1, -0.05) is 6.42 Å². The molecule has 2 fully saturated rings. The van der Waals surface area contributed by atoms with Crippen molar-refractivity contribution in [2.45, 2.75) is 76.6 Å².